The molecule has 8 heteroatoms. The highest BCUT2D eigenvalue weighted by molar-refractivity contribution is 6.32. The number of aromatic nitrogens is 2. The maximum absolute atomic E-state index is 11.4. The smallest absolute Gasteiger partial charge is 0.339 e. The molecule has 0 aliphatic carbocycles. The number of anilines is 1. The molecular weight excluding hydrogens is 428 g/mol. The highest BCUT2D eigenvalue weighted by Gasteiger charge is 2.18. The van der Waals surface area contributed by atoms with Crippen LogP contribution in [0.5, 0.6) is 5.75 Å². The topological polar surface area (TPSA) is 133 Å². The number of carboxylic acid groups (broad SMARTS) is 1. The minimum Gasteiger partial charge on any atom is -0.507 e. The summed E-state index contributed by atoms with van der Waals surface area (Å²) in [7, 11) is 0. The number of aromatic hydroxyl groups is 1. The van der Waals surface area contributed by atoms with Gasteiger partial charge in [-0.3, -0.25) is 0 Å². The zero-order valence-electron chi connectivity index (χ0n) is 16.9. The number of phenols is 1. The maximum Gasteiger partial charge on any atom is 0.339 e. The van der Waals surface area contributed by atoms with Crippen molar-refractivity contribution in [2.75, 3.05) is 5.73 Å². The molecule has 0 fully saturated rings. The molecule has 0 spiro atoms. The van der Waals surface area contributed by atoms with Crippen LogP contribution in [0.1, 0.15) is 21.5 Å². The molecule has 4 N–H and O–H groups in total. The molecule has 0 aliphatic rings. The maximum atomic E-state index is 11.4. The van der Waals surface area contributed by atoms with E-state index >= 15 is 0 Å². The van der Waals surface area contributed by atoms with E-state index in [4.69, 9.17) is 17.3 Å². The number of nitriles is 1. The lowest BCUT2D eigenvalue weighted by atomic mass is 9.96. The van der Waals surface area contributed by atoms with Crippen LogP contribution >= 0.6 is 11.6 Å². The highest BCUT2D eigenvalue weighted by Crippen LogP contribution is 2.37. The van der Waals surface area contributed by atoms with Crippen molar-refractivity contribution >= 4 is 34.3 Å². The number of benzene rings is 2. The van der Waals surface area contributed by atoms with Crippen molar-refractivity contribution in [1.29, 1.82) is 5.26 Å². The fourth-order valence-electron chi connectivity index (χ4n) is 3.55. The summed E-state index contributed by atoms with van der Waals surface area (Å²) in [6.45, 7) is 1.97. The number of hydrogen-bond acceptors (Lipinski definition) is 6. The van der Waals surface area contributed by atoms with Crippen LogP contribution in [0.15, 0.2) is 48.5 Å². The van der Waals surface area contributed by atoms with Crippen LogP contribution < -0.4 is 5.73 Å². The van der Waals surface area contributed by atoms with Crippen molar-refractivity contribution in [1.82, 2.24) is 9.97 Å². The Hall–Kier alpha value is -4.15. The summed E-state index contributed by atoms with van der Waals surface area (Å²) in [6.07, 6.45) is 0.00661. The minimum atomic E-state index is -1.27. The molecule has 2 aromatic heterocycles. The van der Waals surface area contributed by atoms with Crippen molar-refractivity contribution in [3.8, 4) is 34.2 Å². The number of hydrogen-bond donors (Lipinski definition) is 3. The third-order valence-electron chi connectivity index (χ3n) is 5.15. The minimum absolute atomic E-state index is 0.00661. The van der Waals surface area contributed by atoms with Gasteiger partial charge in [0.1, 0.15) is 22.3 Å². The van der Waals surface area contributed by atoms with Gasteiger partial charge in [0, 0.05) is 22.1 Å². The lowest BCUT2D eigenvalue weighted by Crippen LogP contribution is -2.03. The number of nitrogens with two attached hydrogens (primary N) is 1. The van der Waals surface area contributed by atoms with Gasteiger partial charge < -0.3 is 15.9 Å². The average molecular weight is 445 g/mol. The van der Waals surface area contributed by atoms with Gasteiger partial charge in [0.05, 0.1) is 23.7 Å². The van der Waals surface area contributed by atoms with E-state index in [1.807, 2.05) is 31.2 Å². The largest absolute Gasteiger partial charge is 0.507 e. The average Bonchev–Trinajstić information content (AvgIpc) is 2.75. The third-order valence-corrected chi connectivity index (χ3v) is 5.44. The van der Waals surface area contributed by atoms with Gasteiger partial charge in [0.25, 0.3) is 0 Å². The summed E-state index contributed by atoms with van der Waals surface area (Å²) >= 11 is 6.53. The van der Waals surface area contributed by atoms with Crippen LogP contribution in [0, 0.1) is 18.3 Å². The number of fused-ring (bicyclic) bond motifs is 1. The summed E-state index contributed by atoms with van der Waals surface area (Å²) in [5.74, 6) is -1.49. The Kier molecular flexibility index (Phi) is 5.39. The first kappa shape index (κ1) is 21.1. The van der Waals surface area contributed by atoms with E-state index in [-0.39, 0.29) is 28.7 Å². The third kappa shape index (κ3) is 3.80. The van der Waals surface area contributed by atoms with Gasteiger partial charge in [0.2, 0.25) is 0 Å². The normalized spacial score (nSPS) is 10.8. The molecule has 32 heavy (non-hydrogen) atoms. The lowest BCUT2D eigenvalue weighted by Gasteiger charge is -2.15. The predicted molar refractivity (Wildman–Crippen MR) is 123 cm³/mol. The van der Waals surface area contributed by atoms with Crippen LogP contribution in [0.25, 0.3) is 33.3 Å². The quantitative estimate of drug-likeness (QED) is 0.378. The number of nitrogens with zero attached hydrogens (tertiary/aromatic N) is 3. The molecule has 4 aromatic rings. The van der Waals surface area contributed by atoms with Gasteiger partial charge in [-0.1, -0.05) is 23.7 Å². The van der Waals surface area contributed by atoms with Gasteiger partial charge in [-0.05, 0) is 54.4 Å². The van der Waals surface area contributed by atoms with E-state index in [1.165, 1.54) is 12.1 Å². The Morgan fingerprint density at radius 3 is 2.62 bits per heavy atom. The number of aryl methyl sites for hydroxylation is 1. The molecule has 4 rings (SSSR count). The van der Waals surface area contributed by atoms with E-state index in [1.54, 1.807) is 12.1 Å². The number of rotatable bonds is 4. The molecule has 0 atom stereocenters. The van der Waals surface area contributed by atoms with E-state index in [0.717, 1.165) is 16.5 Å². The van der Waals surface area contributed by atoms with E-state index < -0.39 is 5.97 Å². The number of pyridine rings is 2. The first-order valence-electron chi connectivity index (χ1n) is 9.58. The van der Waals surface area contributed by atoms with Crippen LogP contribution in [0.2, 0.25) is 5.15 Å². The SMILES string of the molecule is Cc1ccc2cc(-c3cc(-c4ccc(O)c(C(=O)O)c4)nc(N)c3CC#N)c(Cl)nc2c1. The van der Waals surface area contributed by atoms with Gasteiger partial charge in [-0.25, -0.2) is 14.8 Å². The molecule has 0 saturated heterocycles. The lowest BCUT2D eigenvalue weighted by molar-refractivity contribution is 0.0694. The molecule has 0 amide bonds. The Bertz CT molecular complexity index is 1440. The number of aromatic carboxylic acids is 1. The van der Waals surface area contributed by atoms with Gasteiger partial charge in [-0.15, -0.1) is 0 Å². The molecule has 2 aromatic carbocycles. The number of carbonyl (C=O) groups is 1. The van der Waals surface area contributed by atoms with E-state index in [2.05, 4.69) is 16.0 Å². The molecule has 0 aliphatic heterocycles. The molecule has 0 saturated carbocycles. The zero-order valence-corrected chi connectivity index (χ0v) is 17.7. The standard InChI is InChI=1S/C24H17ClN4O3/c1-12-2-3-13-9-17(22(25)28-19(13)8-12)16-11-20(29-23(27)15(16)6-7-26)14-4-5-21(30)18(10-14)24(31)32/h2-5,8-11,30H,6H2,1H3,(H2,27,29)(H,31,32). The van der Waals surface area contributed by atoms with Crippen LogP contribution in [0.4, 0.5) is 5.82 Å². The first-order chi connectivity index (χ1) is 15.3. The molecule has 2 heterocycles. The molecule has 158 valence electrons. The molecular formula is C24H17ClN4O3. The molecule has 0 bridgehead atoms. The molecule has 7 nitrogen and oxygen atoms in total. The highest BCUT2D eigenvalue weighted by atomic mass is 35.5. The second-order valence-electron chi connectivity index (χ2n) is 7.31. The Morgan fingerprint density at radius 2 is 1.91 bits per heavy atom. The van der Waals surface area contributed by atoms with Crippen LogP contribution in [-0.2, 0) is 6.42 Å². The summed E-state index contributed by atoms with van der Waals surface area (Å²) in [6, 6.07) is 15.6. The van der Waals surface area contributed by atoms with E-state index in [9.17, 15) is 20.3 Å². The van der Waals surface area contributed by atoms with Crippen LogP contribution in [0.3, 0.4) is 0 Å². The monoisotopic (exact) mass is 444 g/mol. The van der Waals surface area contributed by atoms with Crippen molar-refractivity contribution < 1.29 is 15.0 Å². The second kappa shape index (κ2) is 8.17. The summed E-state index contributed by atoms with van der Waals surface area (Å²) in [5, 5.41) is 29.6. The molecule has 0 radical (unpaired) electrons. The second-order valence-corrected chi connectivity index (χ2v) is 7.67. The summed E-state index contributed by atoms with van der Waals surface area (Å²) in [5.41, 5.74) is 10.2. The number of halogens is 1. The van der Waals surface area contributed by atoms with Crippen molar-refractivity contribution in [3.63, 3.8) is 0 Å². The van der Waals surface area contributed by atoms with Crippen molar-refractivity contribution in [2.24, 2.45) is 0 Å². The predicted octanol–water partition coefficient (Wildman–Crippen LogP) is 4.98. The Balaban J connectivity index is 1.97. The summed E-state index contributed by atoms with van der Waals surface area (Å²) < 4.78 is 0. The van der Waals surface area contributed by atoms with Crippen molar-refractivity contribution in [2.45, 2.75) is 13.3 Å². The van der Waals surface area contributed by atoms with Gasteiger partial charge in [-0.2, -0.15) is 5.26 Å². The van der Waals surface area contributed by atoms with Crippen LogP contribution in [-0.4, -0.2) is 26.2 Å². The van der Waals surface area contributed by atoms with E-state index in [0.29, 0.717) is 27.9 Å². The number of nitrogen functional groups attached to an aromatic ring is 1. The molecule has 0 unspecified atom stereocenters. The van der Waals surface area contributed by atoms with Crippen molar-refractivity contribution in [3.05, 3.63) is 70.4 Å². The first-order valence-corrected chi connectivity index (χ1v) is 9.96. The summed E-state index contributed by atoms with van der Waals surface area (Å²) in [4.78, 5) is 20.3. The Morgan fingerprint density at radius 1 is 1.12 bits per heavy atom. The van der Waals surface area contributed by atoms with Gasteiger partial charge >= 0.3 is 5.97 Å². The number of carboxylic acids is 1. The Labute approximate surface area is 188 Å². The fraction of sp³-hybridized carbons (Fsp3) is 0.0833. The zero-order chi connectivity index (χ0) is 23.0. The van der Waals surface area contributed by atoms with Gasteiger partial charge in [0.15, 0.2) is 0 Å². The fourth-order valence-corrected chi connectivity index (χ4v) is 3.80.